The fraction of sp³-hybridized carbons (Fsp3) is 0.500. The van der Waals surface area contributed by atoms with Gasteiger partial charge in [-0.25, -0.2) is 10.2 Å². The van der Waals surface area contributed by atoms with E-state index in [1.807, 2.05) is 11.4 Å². The van der Waals surface area contributed by atoms with Crippen LogP contribution in [0.1, 0.15) is 32.6 Å². The molecule has 0 radical (unpaired) electrons. The second kappa shape index (κ2) is 6.53. The standard InChI is InChI=1S/C12H19N3O3S/c1-8(16)14-9-5-6-19-10(9)7-13-15-11(17)18-12(2,3)4/h5-6,13H,7H2,1-4H3,(H,14,16)(H,15,17). The molecule has 0 saturated carbocycles. The molecule has 2 amide bonds. The smallest absolute Gasteiger partial charge is 0.422 e. The van der Waals surface area contributed by atoms with Crippen LogP contribution in [0.15, 0.2) is 11.4 Å². The molecule has 1 aromatic heterocycles. The van der Waals surface area contributed by atoms with E-state index in [0.717, 1.165) is 10.6 Å². The first kappa shape index (κ1) is 15.5. The predicted molar refractivity (Wildman–Crippen MR) is 74.8 cm³/mol. The first-order valence-electron chi connectivity index (χ1n) is 5.84. The molecule has 1 rings (SSSR count). The van der Waals surface area contributed by atoms with E-state index in [2.05, 4.69) is 16.2 Å². The van der Waals surface area contributed by atoms with Crippen molar-refractivity contribution >= 4 is 29.0 Å². The fourth-order valence-electron chi connectivity index (χ4n) is 1.28. The minimum absolute atomic E-state index is 0.125. The SMILES string of the molecule is CC(=O)Nc1ccsc1CNNC(=O)OC(C)(C)C. The number of amides is 2. The molecule has 0 bridgehead atoms. The van der Waals surface area contributed by atoms with Crippen molar-refractivity contribution in [1.29, 1.82) is 0 Å². The van der Waals surface area contributed by atoms with Crippen molar-refractivity contribution in [1.82, 2.24) is 10.9 Å². The average Bonchev–Trinajstić information content (AvgIpc) is 2.62. The molecule has 0 aliphatic carbocycles. The van der Waals surface area contributed by atoms with E-state index in [4.69, 9.17) is 4.74 Å². The molecule has 3 N–H and O–H groups in total. The highest BCUT2D eigenvalue weighted by molar-refractivity contribution is 7.10. The van der Waals surface area contributed by atoms with Gasteiger partial charge in [0.15, 0.2) is 0 Å². The Morgan fingerprint density at radius 1 is 1.37 bits per heavy atom. The highest BCUT2D eigenvalue weighted by Crippen LogP contribution is 2.21. The maximum absolute atomic E-state index is 11.4. The van der Waals surface area contributed by atoms with E-state index in [0.29, 0.717) is 6.54 Å². The van der Waals surface area contributed by atoms with Crippen molar-refractivity contribution in [2.75, 3.05) is 5.32 Å². The minimum atomic E-state index is -0.537. The molecule has 0 aliphatic rings. The van der Waals surface area contributed by atoms with Gasteiger partial charge in [0, 0.05) is 11.8 Å². The van der Waals surface area contributed by atoms with Gasteiger partial charge in [-0.05, 0) is 32.2 Å². The van der Waals surface area contributed by atoms with Crippen LogP contribution in [0.2, 0.25) is 0 Å². The van der Waals surface area contributed by atoms with Gasteiger partial charge in [-0.1, -0.05) is 0 Å². The lowest BCUT2D eigenvalue weighted by molar-refractivity contribution is -0.114. The normalized spacial score (nSPS) is 10.9. The highest BCUT2D eigenvalue weighted by Gasteiger charge is 2.15. The molecular formula is C12H19N3O3S. The largest absolute Gasteiger partial charge is 0.443 e. The quantitative estimate of drug-likeness (QED) is 0.741. The van der Waals surface area contributed by atoms with Gasteiger partial charge in [0.1, 0.15) is 5.60 Å². The Hall–Kier alpha value is -1.60. The maximum Gasteiger partial charge on any atom is 0.422 e. The Bertz CT molecular complexity index is 451. The Labute approximate surface area is 116 Å². The van der Waals surface area contributed by atoms with Crippen molar-refractivity contribution in [3.8, 4) is 0 Å². The van der Waals surface area contributed by atoms with Gasteiger partial charge in [0.05, 0.1) is 12.2 Å². The van der Waals surface area contributed by atoms with Crippen molar-refractivity contribution < 1.29 is 14.3 Å². The number of ether oxygens (including phenoxy) is 1. The second-order valence-corrected chi connectivity index (χ2v) is 5.92. The van der Waals surface area contributed by atoms with Gasteiger partial charge in [-0.15, -0.1) is 11.3 Å². The Morgan fingerprint density at radius 2 is 2.05 bits per heavy atom. The van der Waals surface area contributed by atoms with E-state index in [9.17, 15) is 9.59 Å². The topological polar surface area (TPSA) is 79.5 Å². The summed E-state index contributed by atoms with van der Waals surface area (Å²) in [5.41, 5.74) is 5.41. The summed E-state index contributed by atoms with van der Waals surface area (Å²) in [6, 6.07) is 1.82. The zero-order valence-corrected chi connectivity index (χ0v) is 12.3. The van der Waals surface area contributed by atoms with Crippen LogP contribution in [0, 0.1) is 0 Å². The Kier molecular flexibility index (Phi) is 5.31. The molecule has 0 aromatic carbocycles. The number of nitrogens with one attached hydrogen (secondary N) is 3. The van der Waals surface area contributed by atoms with Gasteiger partial charge in [-0.3, -0.25) is 10.2 Å². The predicted octanol–water partition coefficient (Wildman–Crippen LogP) is 2.24. The molecule has 6 nitrogen and oxygen atoms in total. The Morgan fingerprint density at radius 3 is 2.63 bits per heavy atom. The van der Waals surface area contributed by atoms with Gasteiger partial charge in [0.25, 0.3) is 0 Å². The van der Waals surface area contributed by atoms with E-state index in [1.54, 1.807) is 20.8 Å². The lowest BCUT2D eigenvalue weighted by atomic mass is 10.2. The lowest BCUT2D eigenvalue weighted by Crippen LogP contribution is -2.40. The third-order valence-electron chi connectivity index (χ3n) is 1.89. The van der Waals surface area contributed by atoms with Gasteiger partial charge in [0.2, 0.25) is 5.91 Å². The summed E-state index contributed by atoms with van der Waals surface area (Å²) in [6.07, 6.45) is -0.537. The van der Waals surface area contributed by atoms with Crippen molar-refractivity contribution in [2.45, 2.75) is 39.8 Å². The van der Waals surface area contributed by atoms with E-state index >= 15 is 0 Å². The lowest BCUT2D eigenvalue weighted by Gasteiger charge is -2.19. The average molecular weight is 285 g/mol. The summed E-state index contributed by atoms with van der Waals surface area (Å²) >= 11 is 1.49. The van der Waals surface area contributed by atoms with Crippen molar-refractivity contribution in [3.63, 3.8) is 0 Å². The summed E-state index contributed by atoms with van der Waals surface area (Å²) < 4.78 is 5.07. The fourth-order valence-corrected chi connectivity index (χ4v) is 2.05. The molecule has 19 heavy (non-hydrogen) atoms. The molecule has 0 atom stereocenters. The van der Waals surface area contributed by atoms with Crippen LogP contribution >= 0.6 is 11.3 Å². The number of carbonyl (C=O) groups is 2. The van der Waals surface area contributed by atoms with Gasteiger partial charge in [-0.2, -0.15) is 0 Å². The van der Waals surface area contributed by atoms with Crippen LogP contribution in [-0.2, 0) is 16.1 Å². The number of hydrogen-bond acceptors (Lipinski definition) is 5. The van der Waals surface area contributed by atoms with Crippen molar-refractivity contribution in [2.24, 2.45) is 0 Å². The van der Waals surface area contributed by atoms with Crippen LogP contribution in [0.4, 0.5) is 10.5 Å². The molecular weight excluding hydrogens is 266 g/mol. The van der Waals surface area contributed by atoms with Crippen molar-refractivity contribution in [3.05, 3.63) is 16.3 Å². The highest BCUT2D eigenvalue weighted by atomic mass is 32.1. The first-order chi connectivity index (χ1) is 8.78. The molecule has 0 spiro atoms. The van der Waals surface area contributed by atoms with Gasteiger partial charge < -0.3 is 10.1 Å². The summed E-state index contributed by atoms with van der Waals surface area (Å²) in [4.78, 5) is 23.3. The molecule has 1 heterocycles. The van der Waals surface area contributed by atoms with Crippen LogP contribution in [0.5, 0.6) is 0 Å². The summed E-state index contributed by atoms with van der Waals surface area (Å²) in [6.45, 7) is 7.24. The number of anilines is 1. The number of hydrazine groups is 1. The molecule has 0 aliphatic heterocycles. The van der Waals surface area contributed by atoms with Crippen LogP contribution < -0.4 is 16.2 Å². The zero-order chi connectivity index (χ0) is 14.5. The molecule has 7 heteroatoms. The second-order valence-electron chi connectivity index (χ2n) is 4.92. The first-order valence-corrected chi connectivity index (χ1v) is 6.72. The molecule has 1 aromatic rings. The number of thiophene rings is 1. The van der Waals surface area contributed by atoms with E-state index in [1.165, 1.54) is 18.3 Å². The summed E-state index contributed by atoms with van der Waals surface area (Å²) in [5, 5.41) is 4.59. The van der Waals surface area contributed by atoms with Crippen LogP contribution in [-0.4, -0.2) is 17.6 Å². The Balaban J connectivity index is 2.39. The van der Waals surface area contributed by atoms with E-state index in [-0.39, 0.29) is 5.91 Å². The molecule has 0 unspecified atom stereocenters. The van der Waals surface area contributed by atoms with Crippen LogP contribution in [0.3, 0.4) is 0 Å². The summed E-state index contributed by atoms with van der Waals surface area (Å²) in [5.74, 6) is -0.125. The number of hydrogen-bond donors (Lipinski definition) is 3. The molecule has 0 saturated heterocycles. The molecule has 0 fully saturated rings. The van der Waals surface area contributed by atoms with Gasteiger partial charge >= 0.3 is 6.09 Å². The third-order valence-corrected chi connectivity index (χ3v) is 2.82. The number of carbonyl (C=O) groups excluding carboxylic acids is 2. The van der Waals surface area contributed by atoms with Crippen LogP contribution in [0.25, 0.3) is 0 Å². The third kappa shape index (κ3) is 6.21. The maximum atomic E-state index is 11.4. The molecule has 106 valence electrons. The van der Waals surface area contributed by atoms with E-state index < -0.39 is 11.7 Å². The minimum Gasteiger partial charge on any atom is -0.443 e. The zero-order valence-electron chi connectivity index (χ0n) is 11.5. The monoisotopic (exact) mass is 285 g/mol. The summed E-state index contributed by atoms with van der Waals surface area (Å²) in [7, 11) is 0. The number of rotatable bonds is 4.